The Bertz CT molecular complexity index is 418. The average molecular weight is 203 g/mol. The molecule has 0 radical (unpaired) electrons. The molecular formula is C12H13NS. The van der Waals surface area contributed by atoms with Gasteiger partial charge in [0, 0.05) is 18.3 Å². The van der Waals surface area contributed by atoms with E-state index in [1.165, 1.54) is 22.4 Å². The number of thiophene rings is 1. The van der Waals surface area contributed by atoms with Crippen molar-refractivity contribution in [3.05, 3.63) is 51.5 Å². The van der Waals surface area contributed by atoms with Crippen LogP contribution in [0.5, 0.6) is 0 Å². The second kappa shape index (κ2) is 3.93. The van der Waals surface area contributed by atoms with Gasteiger partial charge in [0.15, 0.2) is 0 Å². The van der Waals surface area contributed by atoms with Gasteiger partial charge < -0.3 is 0 Å². The Balaban J connectivity index is 2.29. The first-order chi connectivity index (χ1) is 6.77. The van der Waals surface area contributed by atoms with Gasteiger partial charge in [-0.15, -0.1) is 0 Å². The number of pyridine rings is 1. The molecule has 1 nitrogen and oxygen atoms in total. The molecule has 0 N–H and O–H groups in total. The molecule has 0 atom stereocenters. The SMILES string of the molecule is Cc1ccnc(Cc2ccsc2)c1C. The maximum absolute atomic E-state index is 4.42. The maximum atomic E-state index is 4.42. The van der Waals surface area contributed by atoms with Gasteiger partial charge in [0.1, 0.15) is 0 Å². The third-order valence-electron chi connectivity index (χ3n) is 2.53. The molecule has 2 aromatic rings. The lowest BCUT2D eigenvalue weighted by Gasteiger charge is -2.05. The van der Waals surface area contributed by atoms with Crippen molar-refractivity contribution in [2.24, 2.45) is 0 Å². The fourth-order valence-corrected chi connectivity index (χ4v) is 2.12. The van der Waals surface area contributed by atoms with E-state index in [9.17, 15) is 0 Å². The summed E-state index contributed by atoms with van der Waals surface area (Å²) in [6.45, 7) is 4.28. The van der Waals surface area contributed by atoms with E-state index in [-0.39, 0.29) is 0 Å². The molecule has 2 heterocycles. The molecular weight excluding hydrogens is 190 g/mol. The summed E-state index contributed by atoms with van der Waals surface area (Å²) in [5.74, 6) is 0. The first-order valence-electron chi connectivity index (χ1n) is 4.69. The summed E-state index contributed by atoms with van der Waals surface area (Å²) < 4.78 is 0. The van der Waals surface area contributed by atoms with Crippen LogP contribution in [-0.4, -0.2) is 4.98 Å². The quantitative estimate of drug-likeness (QED) is 0.729. The molecule has 0 amide bonds. The van der Waals surface area contributed by atoms with Crippen LogP contribution in [0, 0.1) is 13.8 Å². The lowest BCUT2D eigenvalue weighted by atomic mass is 10.1. The highest BCUT2D eigenvalue weighted by Gasteiger charge is 2.03. The van der Waals surface area contributed by atoms with Crippen molar-refractivity contribution < 1.29 is 0 Å². The molecule has 0 bridgehead atoms. The Kier molecular flexibility index (Phi) is 2.64. The molecule has 0 aliphatic carbocycles. The van der Waals surface area contributed by atoms with Gasteiger partial charge in [0.2, 0.25) is 0 Å². The van der Waals surface area contributed by atoms with E-state index in [4.69, 9.17) is 0 Å². The van der Waals surface area contributed by atoms with Crippen molar-refractivity contribution in [1.82, 2.24) is 4.98 Å². The first kappa shape index (κ1) is 9.41. The van der Waals surface area contributed by atoms with Crippen molar-refractivity contribution >= 4 is 11.3 Å². The number of hydrogen-bond donors (Lipinski definition) is 0. The molecule has 2 heteroatoms. The minimum atomic E-state index is 0.955. The van der Waals surface area contributed by atoms with E-state index in [0.29, 0.717) is 0 Å². The van der Waals surface area contributed by atoms with Gasteiger partial charge in [-0.05, 0) is 53.4 Å². The summed E-state index contributed by atoms with van der Waals surface area (Å²) >= 11 is 1.74. The van der Waals surface area contributed by atoms with Crippen LogP contribution < -0.4 is 0 Å². The molecule has 0 fully saturated rings. The first-order valence-corrected chi connectivity index (χ1v) is 5.64. The Morgan fingerprint density at radius 3 is 2.86 bits per heavy atom. The van der Waals surface area contributed by atoms with Crippen LogP contribution in [0.1, 0.15) is 22.4 Å². The zero-order valence-electron chi connectivity index (χ0n) is 8.45. The fourth-order valence-electron chi connectivity index (χ4n) is 1.45. The summed E-state index contributed by atoms with van der Waals surface area (Å²) in [5.41, 5.74) is 5.20. The van der Waals surface area contributed by atoms with E-state index < -0.39 is 0 Å². The van der Waals surface area contributed by atoms with Crippen molar-refractivity contribution in [2.45, 2.75) is 20.3 Å². The van der Waals surface area contributed by atoms with Gasteiger partial charge >= 0.3 is 0 Å². The van der Waals surface area contributed by atoms with Gasteiger partial charge in [-0.1, -0.05) is 0 Å². The minimum absolute atomic E-state index is 0.955. The number of aryl methyl sites for hydroxylation is 1. The zero-order chi connectivity index (χ0) is 9.97. The highest BCUT2D eigenvalue weighted by Crippen LogP contribution is 2.16. The Morgan fingerprint density at radius 1 is 1.29 bits per heavy atom. The summed E-state index contributed by atoms with van der Waals surface area (Å²) in [6, 6.07) is 4.22. The smallest absolute Gasteiger partial charge is 0.0479 e. The third-order valence-corrected chi connectivity index (χ3v) is 3.26. The number of aromatic nitrogens is 1. The van der Waals surface area contributed by atoms with E-state index in [1.54, 1.807) is 11.3 Å². The molecule has 14 heavy (non-hydrogen) atoms. The largest absolute Gasteiger partial charge is 0.261 e. The van der Waals surface area contributed by atoms with Crippen LogP contribution in [0.4, 0.5) is 0 Å². The Hall–Kier alpha value is -1.15. The lowest BCUT2D eigenvalue weighted by Crippen LogP contribution is -1.96. The van der Waals surface area contributed by atoms with Crippen LogP contribution in [0.25, 0.3) is 0 Å². The van der Waals surface area contributed by atoms with E-state index >= 15 is 0 Å². The average Bonchev–Trinajstić information content (AvgIpc) is 2.66. The van der Waals surface area contributed by atoms with E-state index in [0.717, 1.165) is 6.42 Å². The van der Waals surface area contributed by atoms with Gasteiger partial charge in [0.25, 0.3) is 0 Å². The lowest BCUT2D eigenvalue weighted by molar-refractivity contribution is 1.03. The molecule has 0 aliphatic heterocycles. The second-order valence-electron chi connectivity index (χ2n) is 3.51. The maximum Gasteiger partial charge on any atom is 0.0479 e. The second-order valence-corrected chi connectivity index (χ2v) is 4.29. The normalized spacial score (nSPS) is 10.4. The number of hydrogen-bond acceptors (Lipinski definition) is 2. The predicted molar refractivity (Wildman–Crippen MR) is 60.8 cm³/mol. The van der Waals surface area contributed by atoms with Crippen LogP contribution in [0.3, 0.4) is 0 Å². The number of nitrogens with zero attached hydrogens (tertiary/aromatic N) is 1. The van der Waals surface area contributed by atoms with Crippen LogP contribution in [0.2, 0.25) is 0 Å². The van der Waals surface area contributed by atoms with Gasteiger partial charge in [0.05, 0.1) is 0 Å². The topological polar surface area (TPSA) is 12.9 Å². The summed E-state index contributed by atoms with van der Waals surface area (Å²) in [6.07, 6.45) is 2.85. The number of rotatable bonds is 2. The molecule has 0 aliphatic rings. The molecule has 0 spiro atoms. The Labute approximate surface area is 88.4 Å². The van der Waals surface area contributed by atoms with Gasteiger partial charge in [-0.3, -0.25) is 4.98 Å². The highest BCUT2D eigenvalue weighted by atomic mass is 32.1. The molecule has 2 aromatic heterocycles. The molecule has 72 valence electrons. The van der Waals surface area contributed by atoms with E-state index in [2.05, 4.69) is 41.7 Å². The third kappa shape index (κ3) is 1.85. The van der Waals surface area contributed by atoms with E-state index in [1.807, 2.05) is 6.20 Å². The summed E-state index contributed by atoms with van der Waals surface area (Å²) in [7, 11) is 0. The molecule has 0 unspecified atom stereocenters. The minimum Gasteiger partial charge on any atom is -0.261 e. The van der Waals surface area contributed by atoms with Gasteiger partial charge in [-0.25, -0.2) is 0 Å². The predicted octanol–water partition coefficient (Wildman–Crippen LogP) is 3.35. The van der Waals surface area contributed by atoms with Crippen molar-refractivity contribution in [2.75, 3.05) is 0 Å². The highest BCUT2D eigenvalue weighted by molar-refractivity contribution is 7.07. The van der Waals surface area contributed by atoms with Crippen LogP contribution >= 0.6 is 11.3 Å². The monoisotopic (exact) mass is 203 g/mol. The fraction of sp³-hybridized carbons (Fsp3) is 0.250. The zero-order valence-corrected chi connectivity index (χ0v) is 9.27. The molecule has 0 saturated carbocycles. The molecule has 0 saturated heterocycles. The summed E-state index contributed by atoms with van der Waals surface area (Å²) in [4.78, 5) is 4.42. The van der Waals surface area contributed by atoms with Gasteiger partial charge in [-0.2, -0.15) is 11.3 Å². The standard InChI is InChI=1S/C12H13NS/c1-9-3-5-13-12(10(9)2)7-11-4-6-14-8-11/h3-6,8H,7H2,1-2H3. The van der Waals surface area contributed by atoms with Crippen LogP contribution in [-0.2, 0) is 6.42 Å². The summed E-state index contributed by atoms with van der Waals surface area (Å²) in [5, 5.41) is 4.30. The molecule has 0 aromatic carbocycles. The van der Waals surface area contributed by atoms with Crippen LogP contribution in [0.15, 0.2) is 29.1 Å². The van der Waals surface area contributed by atoms with Crippen molar-refractivity contribution in [3.63, 3.8) is 0 Å². The Morgan fingerprint density at radius 2 is 2.14 bits per heavy atom. The molecule has 2 rings (SSSR count). The van der Waals surface area contributed by atoms with Crippen molar-refractivity contribution in [1.29, 1.82) is 0 Å². The van der Waals surface area contributed by atoms with Crippen molar-refractivity contribution in [3.8, 4) is 0 Å².